The van der Waals surface area contributed by atoms with Crippen molar-refractivity contribution in [2.45, 2.75) is 276 Å². The molecular weight excluding hydrogens is 588 g/mol. The van der Waals surface area contributed by atoms with Gasteiger partial charge in [-0.1, -0.05) is 258 Å². The second-order valence-corrected chi connectivity index (χ2v) is 16.0. The van der Waals surface area contributed by atoms with E-state index in [9.17, 15) is 10.2 Å². The van der Waals surface area contributed by atoms with E-state index in [-0.39, 0.29) is 6.61 Å². The maximum atomic E-state index is 9.93. The molecule has 0 aliphatic rings. The molecule has 0 aliphatic carbocycles. The highest BCUT2D eigenvalue weighted by atomic mass is 16.4. The lowest BCUT2D eigenvalue weighted by atomic mass is 9.89. The smallest absolute Gasteiger partial charge is 0.103 e. The van der Waals surface area contributed by atoms with Crippen LogP contribution in [-0.2, 0) is 0 Å². The third-order valence-corrected chi connectivity index (χ3v) is 11.2. The third-order valence-electron chi connectivity index (χ3n) is 11.2. The van der Waals surface area contributed by atoms with Crippen LogP contribution in [0.4, 0.5) is 0 Å². The Balaban J connectivity index is 3.90. The maximum absolute atomic E-state index is 9.93. The molecule has 0 saturated carbocycles. The number of hydrogen-bond acceptors (Lipinski definition) is 3. The van der Waals surface area contributed by atoms with Gasteiger partial charge in [-0.25, -0.2) is 0 Å². The van der Waals surface area contributed by atoms with Crippen molar-refractivity contribution in [1.82, 2.24) is 0 Å². The summed E-state index contributed by atoms with van der Waals surface area (Å²) in [4.78, 5) is 0. The van der Waals surface area contributed by atoms with Gasteiger partial charge in [0.1, 0.15) is 6.10 Å². The summed E-state index contributed by atoms with van der Waals surface area (Å²) in [5, 5.41) is 28.6. The number of hydrogen-bond donors (Lipinski definition) is 3. The lowest BCUT2D eigenvalue weighted by molar-refractivity contribution is -0.0185. The first kappa shape index (κ1) is 47.9. The van der Waals surface area contributed by atoms with E-state index in [1.165, 1.54) is 231 Å². The molecule has 48 heavy (non-hydrogen) atoms. The molecule has 3 nitrogen and oxygen atoms in total. The van der Waals surface area contributed by atoms with Crippen molar-refractivity contribution >= 4 is 0 Å². The quantitative estimate of drug-likeness (QED) is 0.0562. The topological polar surface area (TPSA) is 60.7 Å². The van der Waals surface area contributed by atoms with E-state index in [1.54, 1.807) is 0 Å². The fourth-order valence-corrected chi connectivity index (χ4v) is 7.67. The van der Waals surface area contributed by atoms with E-state index in [0.717, 1.165) is 18.8 Å². The number of aliphatic hydroxyl groups excluding tert-OH is 3. The summed E-state index contributed by atoms with van der Waals surface area (Å²) in [6.07, 6.45) is 52.3. The minimum absolute atomic E-state index is 0.345. The van der Waals surface area contributed by atoms with E-state index in [0.29, 0.717) is 6.42 Å². The number of unbranched alkanes of at least 4 members (excludes halogenated alkanes) is 32. The van der Waals surface area contributed by atoms with Crippen LogP contribution in [0.2, 0.25) is 0 Å². The van der Waals surface area contributed by atoms with Gasteiger partial charge in [-0.15, -0.1) is 0 Å². The molecule has 0 fully saturated rings. The zero-order valence-corrected chi connectivity index (χ0v) is 33.4. The maximum Gasteiger partial charge on any atom is 0.103 e. The molecule has 2 unspecified atom stereocenters. The Labute approximate surface area is 303 Å². The normalized spacial score (nSPS) is 13.1. The van der Waals surface area contributed by atoms with Crippen LogP contribution in [0.15, 0.2) is 0 Å². The van der Waals surface area contributed by atoms with Gasteiger partial charge in [0.25, 0.3) is 0 Å². The Hall–Kier alpha value is -0.120. The Bertz CT molecular complexity index is 530. The van der Waals surface area contributed by atoms with Gasteiger partial charge in [0.05, 0.1) is 12.7 Å². The molecule has 290 valence electrons. The SMILES string of the molecule is CCCCCCCCCCCCCCCCCCC(CCCCCCCCCCCCCCCCCC)CCCCCC(O)C(O)CO. The summed E-state index contributed by atoms with van der Waals surface area (Å²) in [5.74, 6) is 0.872. The van der Waals surface area contributed by atoms with Gasteiger partial charge < -0.3 is 15.3 Å². The predicted octanol–water partition coefficient (Wildman–Crippen LogP) is 14.6. The van der Waals surface area contributed by atoms with Crippen molar-refractivity contribution in [3.8, 4) is 0 Å². The van der Waals surface area contributed by atoms with Crippen molar-refractivity contribution in [1.29, 1.82) is 0 Å². The van der Waals surface area contributed by atoms with Crippen molar-refractivity contribution in [3.05, 3.63) is 0 Å². The average Bonchev–Trinajstić information content (AvgIpc) is 3.10. The van der Waals surface area contributed by atoms with Gasteiger partial charge in [0, 0.05) is 0 Å². The standard InChI is InChI=1S/C45H92O3/c1-3-5-7-9-11-13-15-17-19-21-23-25-27-29-31-34-38-43(40-36-33-37-41-44(47)45(48)42-46)39-35-32-30-28-26-24-22-20-18-16-14-12-10-8-6-4-2/h43-48H,3-42H2,1-2H3. The zero-order chi connectivity index (χ0) is 35.0. The lowest BCUT2D eigenvalue weighted by Crippen LogP contribution is -2.29. The predicted molar refractivity (Wildman–Crippen MR) is 214 cm³/mol. The fraction of sp³-hybridized carbons (Fsp3) is 1.00. The van der Waals surface area contributed by atoms with Gasteiger partial charge in [-0.2, -0.15) is 0 Å². The summed E-state index contributed by atoms with van der Waals surface area (Å²) >= 11 is 0. The Kier molecular flexibility index (Phi) is 41.2. The summed E-state index contributed by atoms with van der Waals surface area (Å²) in [7, 11) is 0. The monoisotopic (exact) mass is 681 g/mol. The molecule has 0 aromatic carbocycles. The highest BCUT2D eigenvalue weighted by molar-refractivity contribution is 4.67. The molecule has 0 aromatic rings. The molecule has 0 aromatic heterocycles. The van der Waals surface area contributed by atoms with E-state index in [2.05, 4.69) is 13.8 Å². The Morgan fingerprint density at radius 1 is 0.271 bits per heavy atom. The number of rotatable bonds is 42. The van der Waals surface area contributed by atoms with Crippen molar-refractivity contribution in [2.75, 3.05) is 6.61 Å². The van der Waals surface area contributed by atoms with Crippen LogP contribution in [0.25, 0.3) is 0 Å². The molecule has 2 atom stereocenters. The summed E-state index contributed by atoms with van der Waals surface area (Å²) in [6, 6.07) is 0. The molecule has 0 heterocycles. The lowest BCUT2D eigenvalue weighted by Gasteiger charge is -2.18. The van der Waals surface area contributed by atoms with Crippen molar-refractivity contribution < 1.29 is 15.3 Å². The van der Waals surface area contributed by atoms with E-state index < -0.39 is 12.2 Å². The molecule has 0 rings (SSSR count). The first-order chi connectivity index (χ1) is 23.7. The van der Waals surface area contributed by atoms with Gasteiger partial charge in [-0.3, -0.25) is 0 Å². The first-order valence-corrected chi connectivity index (χ1v) is 22.6. The first-order valence-electron chi connectivity index (χ1n) is 22.6. The molecule has 0 saturated heterocycles. The van der Waals surface area contributed by atoms with Crippen LogP contribution in [0.5, 0.6) is 0 Å². The molecule has 0 amide bonds. The minimum Gasteiger partial charge on any atom is -0.394 e. The van der Waals surface area contributed by atoms with Crippen molar-refractivity contribution in [3.63, 3.8) is 0 Å². The highest BCUT2D eigenvalue weighted by Gasteiger charge is 2.14. The van der Waals surface area contributed by atoms with E-state index in [4.69, 9.17) is 5.11 Å². The molecular formula is C45H92O3. The summed E-state index contributed by atoms with van der Waals surface area (Å²) in [6.45, 7) is 4.26. The van der Waals surface area contributed by atoms with E-state index >= 15 is 0 Å². The Morgan fingerprint density at radius 3 is 0.729 bits per heavy atom. The van der Waals surface area contributed by atoms with Gasteiger partial charge in [0.15, 0.2) is 0 Å². The molecule has 0 bridgehead atoms. The molecule has 0 radical (unpaired) electrons. The molecule has 0 aliphatic heterocycles. The largest absolute Gasteiger partial charge is 0.394 e. The second kappa shape index (κ2) is 41.3. The van der Waals surface area contributed by atoms with Crippen LogP contribution >= 0.6 is 0 Å². The fourth-order valence-electron chi connectivity index (χ4n) is 7.67. The average molecular weight is 681 g/mol. The van der Waals surface area contributed by atoms with Gasteiger partial charge in [-0.05, 0) is 12.3 Å². The van der Waals surface area contributed by atoms with Crippen LogP contribution in [0.3, 0.4) is 0 Å². The highest BCUT2D eigenvalue weighted by Crippen LogP contribution is 2.25. The van der Waals surface area contributed by atoms with Gasteiger partial charge >= 0.3 is 0 Å². The van der Waals surface area contributed by atoms with Crippen LogP contribution in [0, 0.1) is 5.92 Å². The second-order valence-electron chi connectivity index (χ2n) is 16.0. The van der Waals surface area contributed by atoms with Crippen molar-refractivity contribution in [2.24, 2.45) is 5.92 Å². The van der Waals surface area contributed by atoms with Crippen LogP contribution in [0.1, 0.15) is 264 Å². The van der Waals surface area contributed by atoms with Crippen LogP contribution in [-0.4, -0.2) is 34.1 Å². The molecule has 0 spiro atoms. The summed E-state index contributed by atoms with van der Waals surface area (Å²) < 4.78 is 0. The van der Waals surface area contributed by atoms with E-state index in [1.807, 2.05) is 0 Å². The third kappa shape index (κ3) is 37.1. The Morgan fingerprint density at radius 2 is 0.479 bits per heavy atom. The molecule has 3 heteroatoms. The van der Waals surface area contributed by atoms with Crippen LogP contribution < -0.4 is 0 Å². The zero-order valence-electron chi connectivity index (χ0n) is 33.4. The number of aliphatic hydroxyl groups is 3. The molecule has 3 N–H and O–H groups in total. The minimum atomic E-state index is -0.984. The van der Waals surface area contributed by atoms with Gasteiger partial charge in [0.2, 0.25) is 0 Å². The summed E-state index contributed by atoms with van der Waals surface area (Å²) in [5.41, 5.74) is 0.